The summed E-state index contributed by atoms with van der Waals surface area (Å²) in [7, 11) is 0. The molecule has 1 aliphatic rings. The third-order valence-corrected chi connectivity index (χ3v) is 4.19. The fraction of sp³-hybridized carbons (Fsp3) is 0.882. The van der Waals surface area contributed by atoms with E-state index in [0.717, 1.165) is 19.3 Å². The zero-order valence-corrected chi connectivity index (χ0v) is 14.8. The van der Waals surface area contributed by atoms with Gasteiger partial charge in [0, 0.05) is 38.8 Å². The Balaban J connectivity index is 2.26. The predicted molar refractivity (Wildman–Crippen MR) is 90.9 cm³/mol. The maximum atomic E-state index is 12.3. The van der Waals surface area contributed by atoms with E-state index in [0.29, 0.717) is 45.2 Å². The molecule has 2 amide bonds. The van der Waals surface area contributed by atoms with Gasteiger partial charge in [0.15, 0.2) is 0 Å². The summed E-state index contributed by atoms with van der Waals surface area (Å²) in [4.78, 5) is 26.2. The second-order valence-corrected chi connectivity index (χ2v) is 6.68. The molecule has 1 rings (SSSR count). The third kappa shape index (κ3) is 7.31. The Morgan fingerprint density at radius 1 is 1.30 bits per heavy atom. The van der Waals surface area contributed by atoms with Crippen LogP contribution in [0.3, 0.4) is 0 Å². The van der Waals surface area contributed by atoms with Crippen molar-refractivity contribution in [1.29, 1.82) is 0 Å². The molecule has 0 bridgehead atoms. The van der Waals surface area contributed by atoms with Crippen molar-refractivity contribution < 1.29 is 14.3 Å². The van der Waals surface area contributed by atoms with Crippen molar-refractivity contribution in [3.8, 4) is 0 Å². The highest BCUT2D eigenvalue weighted by atomic mass is 16.5. The van der Waals surface area contributed by atoms with E-state index in [1.165, 1.54) is 0 Å². The molecule has 0 radical (unpaired) electrons. The molecule has 0 aromatic rings. The molecule has 6 heteroatoms. The highest BCUT2D eigenvalue weighted by molar-refractivity contribution is 5.82. The number of likely N-dealkylation sites (tertiary alicyclic amines) is 1. The van der Waals surface area contributed by atoms with Gasteiger partial charge in [0.05, 0.1) is 6.04 Å². The fourth-order valence-corrected chi connectivity index (χ4v) is 2.88. The number of hydrogen-bond donors (Lipinski definition) is 2. The Kier molecular flexibility index (Phi) is 9.17. The number of nitrogens with zero attached hydrogens (tertiary/aromatic N) is 1. The molecule has 3 N–H and O–H groups in total. The molecule has 1 fully saturated rings. The van der Waals surface area contributed by atoms with Crippen molar-refractivity contribution in [3.05, 3.63) is 0 Å². The molecule has 0 saturated carbocycles. The van der Waals surface area contributed by atoms with E-state index in [1.807, 2.05) is 11.8 Å². The fourth-order valence-electron chi connectivity index (χ4n) is 2.88. The summed E-state index contributed by atoms with van der Waals surface area (Å²) >= 11 is 0. The molecule has 0 aromatic heterocycles. The van der Waals surface area contributed by atoms with E-state index in [4.69, 9.17) is 10.5 Å². The van der Waals surface area contributed by atoms with Crippen LogP contribution in [-0.2, 0) is 14.3 Å². The number of rotatable bonds is 9. The van der Waals surface area contributed by atoms with Crippen LogP contribution in [0, 0.1) is 11.8 Å². The maximum Gasteiger partial charge on any atom is 0.239 e. The first-order valence-electron chi connectivity index (χ1n) is 8.85. The second-order valence-electron chi connectivity index (χ2n) is 6.68. The van der Waals surface area contributed by atoms with Gasteiger partial charge in [-0.3, -0.25) is 9.59 Å². The minimum atomic E-state index is -0.418. The van der Waals surface area contributed by atoms with Crippen LogP contribution in [0.5, 0.6) is 0 Å². The Morgan fingerprint density at radius 3 is 2.52 bits per heavy atom. The summed E-state index contributed by atoms with van der Waals surface area (Å²) in [6.45, 7) is 9.38. The molecule has 1 heterocycles. The number of carbonyl (C=O) groups is 2. The highest BCUT2D eigenvalue weighted by Crippen LogP contribution is 2.18. The lowest BCUT2D eigenvalue weighted by atomic mass is 9.94. The molecule has 0 unspecified atom stereocenters. The maximum absolute atomic E-state index is 12.3. The lowest BCUT2D eigenvalue weighted by molar-refractivity contribution is -0.137. The lowest BCUT2D eigenvalue weighted by Gasteiger charge is -2.33. The van der Waals surface area contributed by atoms with Gasteiger partial charge in [0.2, 0.25) is 11.8 Å². The van der Waals surface area contributed by atoms with Gasteiger partial charge in [-0.25, -0.2) is 0 Å². The average Bonchev–Trinajstić information content (AvgIpc) is 2.53. The minimum Gasteiger partial charge on any atom is -0.382 e. The van der Waals surface area contributed by atoms with Crippen LogP contribution in [0.2, 0.25) is 0 Å². The average molecular weight is 327 g/mol. The topological polar surface area (TPSA) is 84.7 Å². The zero-order valence-electron chi connectivity index (χ0n) is 14.8. The van der Waals surface area contributed by atoms with Crippen molar-refractivity contribution in [3.63, 3.8) is 0 Å². The van der Waals surface area contributed by atoms with E-state index < -0.39 is 6.04 Å². The summed E-state index contributed by atoms with van der Waals surface area (Å²) in [6, 6.07) is -0.418. The normalized spacial score (nSPS) is 17.3. The number of carbonyl (C=O) groups excluding carboxylic acids is 2. The van der Waals surface area contributed by atoms with Crippen molar-refractivity contribution >= 4 is 11.8 Å². The number of nitrogens with two attached hydrogens (primary N) is 1. The van der Waals surface area contributed by atoms with Gasteiger partial charge in [-0.2, -0.15) is 0 Å². The van der Waals surface area contributed by atoms with Gasteiger partial charge in [-0.05, 0) is 38.5 Å². The Labute approximate surface area is 140 Å². The van der Waals surface area contributed by atoms with E-state index >= 15 is 0 Å². The molecule has 1 aliphatic heterocycles. The number of piperidine rings is 1. The van der Waals surface area contributed by atoms with Crippen molar-refractivity contribution in [2.45, 2.75) is 52.5 Å². The van der Waals surface area contributed by atoms with Gasteiger partial charge in [-0.1, -0.05) is 13.8 Å². The Hall–Kier alpha value is -1.14. The van der Waals surface area contributed by atoms with Crippen LogP contribution >= 0.6 is 0 Å². The first-order valence-corrected chi connectivity index (χ1v) is 8.85. The number of amides is 2. The molecule has 1 atom stereocenters. The van der Waals surface area contributed by atoms with Gasteiger partial charge < -0.3 is 20.7 Å². The standard InChI is InChI=1S/C17H33N3O3/c1-4-23-11-5-8-19-16(21)14-6-9-20(10-7-14)17(22)15(18)12-13(2)3/h13-15H,4-12,18H2,1-3H3,(H,19,21)/t15-/m0/s1. The van der Waals surface area contributed by atoms with Crippen molar-refractivity contribution in [2.75, 3.05) is 32.8 Å². The third-order valence-electron chi connectivity index (χ3n) is 4.19. The van der Waals surface area contributed by atoms with Crippen molar-refractivity contribution in [2.24, 2.45) is 17.6 Å². The summed E-state index contributed by atoms with van der Waals surface area (Å²) in [5, 5.41) is 2.96. The van der Waals surface area contributed by atoms with Gasteiger partial charge in [0.25, 0.3) is 0 Å². The van der Waals surface area contributed by atoms with E-state index in [2.05, 4.69) is 19.2 Å². The van der Waals surface area contributed by atoms with E-state index in [-0.39, 0.29) is 17.7 Å². The summed E-state index contributed by atoms with van der Waals surface area (Å²) < 4.78 is 5.24. The molecule has 0 spiro atoms. The van der Waals surface area contributed by atoms with Crippen LogP contribution in [0.25, 0.3) is 0 Å². The molecule has 134 valence electrons. The van der Waals surface area contributed by atoms with Crippen LogP contribution in [0.4, 0.5) is 0 Å². The Morgan fingerprint density at radius 2 is 1.96 bits per heavy atom. The molecule has 0 aliphatic carbocycles. The Bertz CT molecular complexity index is 366. The zero-order chi connectivity index (χ0) is 17.2. The lowest BCUT2D eigenvalue weighted by Crippen LogP contribution is -2.49. The summed E-state index contributed by atoms with van der Waals surface area (Å²) in [5.41, 5.74) is 5.97. The van der Waals surface area contributed by atoms with Crippen LogP contribution in [-0.4, -0.2) is 55.6 Å². The van der Waals surface area contributed by atoms with Crippen LogP contribution in [0.1, 0.15) is 46.5 Å². The van der Waals surface area contributed by atoms with Gasteiger partial charge in [0.1, 0.15) is 0 Å². The highest BCUT2D eigenvalue weighted by Gasteiger charge is 2.29. The molecule has 6 nitrogen and oxygen atoms in total. The molecular formula is C17H33N3O3. The summed E-state index contributed by atoms with van der Waals surface area (Å²) in [5.74, 6) is 0.538. The summed E-state index contributed by atoms with van der Waals surface area (Å²) in [6.07, 6.45) is 2.98. The molecule has 1 saturated heterocycles. The van der Waals surface area contributed by atoms with Crippen LogP contribution < -0.4 is 11.1 Å². The van der Waals surface area contributed by atoms with E-state index in [1.54, 1.807) is 0 Å². The van der Waals surface area contributed by atoms with Crippen LogP contribution in [0.15, 0.2) is 0 Å². The second kappa shape index (κ2) is 10.6. The molecular weight excluding hydrogens is 294 g/mol. The first kappa shape index (κ1) is 19.9. The smallest absolute Gasteiger partial charge is 0.239 e. The molecule has 0 aromatic carbocycles. The number of hydrogen-bond acceptors (Lipinski definition) is 4. The SMILES string of the molecule is CCOCCCNC(=O)C1CCN(C(=O)[C@@H](N)CC(C)C)CC1. The minimum absolute atomic E-state index is 0.00691. The number of ether oxygens (including phenoxy) is 1. The number of nitrogens with one attached hydrogen (secondary N) is 1. The first-order chi connectivity index (χ1) is 11.0. The van der Waals surface area contributed by atoms with Gasteiger partial charge in [-0.15, -0.1) is 0 Å². The van der Waals surface area contributed by atoms with E-state index in [9.17, 15) is 9.59 Å². The molecule has 23 heavy (non-hydrogen) atoms. The van der Waals surface area contributed by atoms with Crippen molar-refractivity contribution in [1.82, 2.24) is 10.2 Å². The largest absolute Gasteiger partial charge is 0.382 e. The van der Waals surface area contributed by atoms with Gasteiger partial charge >= 0.3 is 0 Å². The monoisotopic (exact) mass is 327 g/mol. The quantitative estimate of drug-likeness (QED) is 0.622. The predicted octanol–water partition coefficient (Wildman–Crippen LogP) is 1.14.